The number of carbonyl (C=O) groups is 1. The molecule has 5 nitrogen and oxygen atoms in total. The van der Waals surface area contributed by atoms with Crippen molar-refractivity contribution in [2.24, 2.45) is 5.41 Å². The van der Waals surface area contributed by atoms with E-state index in [1.807, 2.05) is 0 Å². The van der Waals surface area contributed by atoms with Gasteiger partial charge < -0.3 is 9.84 Å². The number of rotatable bonds is 7. The SMILES string of the molecule is CCOC(=O)C(C)(C)Cc1ccc(S(=O)(=O)c2ccc(C(C)(C)O)cc2)cc1. The molecule has 6 heteroatoms. The largest absolute Gasteiger partial charge is 0.466 e. The van der Waals surface area contributed by atoms with Crippen LogP contribution in [0.15, 0.2) is 58.3 Å². The summed E-state index contributed by atoms with van der Waals surface area (Å²) in [5.41, 5.74) is -0.226. The van der Waals surface area contributed by atoms with E-state index in [2.05, 4.69) is 0 Å². The van der Waals surface area contributed by atoms with Crippen molar-refractivity contribution in [2.45, 2.75) is 56.4 Å². The third-order valence-electron chi connectivity index (χ3n) is 4.58. The molecule has 0 aliphatic carbocycles. The van der Waals surface area contributed by atoms with E-state index < -0.39 is 20.9 Å². The van der Waals surface area contributed by atoms with Gasteiger partial charge in [-0.15, -0.1) is 0 Å². The fraction of sp³-hybridized carbons (Fsp3) is 0.409. The number of carbonyl (C=O) groups excluding carboxylic acids is 1. The quantitative estimate of drug-likeness (QED) is 0.709. The molecule has 0 unspecified atom stereocenters. The first-order chi connectivity index (χ1) is 12.9. The molecule has 152 valence electrons. The Kier molecular flexibility index (Phi) is 6.36. The van der Waals surface area contributed by atoms with Crippen molar-refractivity contribution >= 4 is 15.8 Å². The Balaban J connectivity index is 2.23. The third-order valence-corrected chi connectivity index (χ3v) is 6.36. The number of hydrogen-bond acceptors (Lipinski definition) is 5. The number of benzene rings is 2. The van der Waals surface area contributed by atoms with Crippen molar-refractivity contribution in [1.82, 2.24) is 0 Å². The minimum Gasteiger partial charge on any atom is -0.466 e. The van der Waals surface area contributed by atoms with Crippen LogP contribution in [0.3, 0.4) is 0 Å². The van der Waals surface area contributed by atoms with Gasteiger partial charge in [-0.3, -0.25) is 4.79 Å². The molecule has 0 atom stereocenters. The second kappa shape index (κ2) is 8.05. The molecular formula is C22H28O5S. The van der Waals surface area contributed by atoms with Gasteiger partial charge in [-0.2, -0.15) is 0 Å². The molecule has 28 heavy (non-hydrogen) atoms. The van der Waals surface area contributed by atoms with Gasteiger partial charge in [0.15, 0.2) is 0 Å². The monoisotopic (exact) mass is 404 g/mol. The Bertz CT molecular complexity index is 918. The molecule has 0 aliphatic heterocycles. The van der Waals surface area contributed by atoms with E-state index >= 15 is 0 Å². The van der Waals surface area contributed by atoms with E-state index in [1.54, 1.807) is 71.0 Å². The molecule has 0 amide bonds. The zero-order valence-electron chi connectivity index (χ0n) is 17.0. The van der Waals surface area contributed by atoms with Crippen LogP contribution in [0.25, 0.3) is 0 Å². The average Bonchev–Trinajstić information content (AvgIpc) is 2.61. The predicted octanol–water partition coefficient (Wildman–Crippen LogP) is 3.88. The Morgan fingerprint density at radius 1 is 0.929 bits per heavy atom. The van der Waals surface area contributed by atoms with E-state index in [0.29, 0.717) is 18.6 Å². The number of hydrogen-bond donors (Lipinski definition) is 1. The molecule has 0 fully saturated rings. The molecule has 0 aromatic heterocycles. The van der Waals surface area contributed by atoms with Crippen LogP contribution in [0, 0.1) is 5.41 Å². The second-order valence-electron chi connectivity index (χ2n) is 8.01. The first-order valence-electron chi connectivity index (χ1n) is 9.22. The molecule has 2 rings (SSSR count). The summed E-state index contributed by atoms with van der Waals surface area (Å²) in [6.45, 7) is 8.99. The average molecular weight is 405 g/mol. The van der Waals surface area contributed by atoms with Gasteiger partial charge in [0.1, 0.15) is 0 Å². The van der Waals surface area contributed by atoms with E-state index in [9.17, 15) is 18.3 Å². The van der Waals surface area contributed by atoms with Crippen LogP contribution >= 0.6 is 0 Å². The van der Waals surface area contributed by atoms with Crippen LogP contribution in [0.4, 0.5) is 0 Å². The summed E-state index contributed by atoms with van der Waals surface area (Å²) in [5.74, 6) is -0.279. The van der Waals surface area contributed by atoms with Crippen molar-refractivity contribution < 1.29 is 23.1 Å². The summed E-state index contributed by atoms with van der Waals surface area (Å²) in [6, 6.07) is 12.8. The zero-order chi connectivity index (χ0) is 21.2. The van der Waals surface area contributed by atoms with Crippen molar-refractivity contribution in [3.05, 3.63) is 59.7 Å². The first-order valence-corrected chi connectivity index (χ1v) is 10.7. The minimum atomic E-state index is -3.66. The van der Waals surface area contributed by atoms with Crippen LogP contribution in [0.1, 0.15) is 45.7 Å². The fourth-order valence-corrected chi connectivity index (χ4v) is 4.13. The maximum atomic E-state index is 12.8. The summed E-state index contributed by atoms with van der Waals surface area (Å²) < 4.78 is 30.8. The van der Waals surface area contributed by atoms with Crippen molar-refractivity contribution in [3.8, 4) is 0 Å². The van der Waals surface area contributed by atoms with Gasteiger partial charge >= 0.3 is 5.97 Å². The Morgan fingerprint density at radius 3 is 1.82 bits per heavy atom. The highest BCUT2D eigenvalue weighted by Crippen LogP contribution is 2.27. The van der Waals surface area contributed by atoms with Crippen molar-refractivity contribution in [2.75, 3.05) is 6.61 Å². The number of esters is 1. The van der Waals surface area contributed by atoms with Gasteiger partial charge in [0.2, 0.25) is 9.84 Å². The Hall–Kier alpha value is -2.18. The summed E-state index contributed by atoms with van der Waals surface area (Å²) in [7, 11) is -3.66. The first kappa shape index (κ1) is 22.1. The lowest BCUT2D eigenvalue weighted by Gasteiger charge is -2.22. The molecule has 0 saturated heterocycles. The molecule has 1 N–H and O–H groups in total. The van der Waals surface area contributed by atoms with Crippen LogP contribution in [0.2, 0.25) is 0 Å². The van der Waals surface area contributed by atoms with Crippen LogP contribution in [0.5, 0.6) is 0 Å². The predicted molar refractivity (Wildman–Crippen MR) is 108 cm³/mol. The van der Waals surface area contributed by atoms with Gasteiger partial charge in [0.25, 0.3) is 0 Å². The van der Waals surface area contributed by atoms with Crippen LogP contribution in [-0.4, -0.2) is 26.1 Å². The minimum absolute atomic E-state index is 0.167. The normalized spacial score (nSPS) is 12.6. The molecule has 0 saturated carbocycles. The number of ether oxygens (including phenoxy) is 1. The lowest BCUT2D eigenvalue weighted by atomic mass is 9.86. The molecular weight excluding hydrogens is 376 g/mol. The van der Waals surface area contributed by atoms with E-state index in [1.165, 1.54) is 12.1 Å². The smallest absolute Gasteiger partial charge is 0.311 e. The highest BCUT2D eigenvalue weighted by Gasteiger charge is 2.29. The molecule has 2 aromatic rings. The van der Waals surface area contributed by atoms with E-state index in [-0.39, 0.29) is 15.8 Å². The van der Waals surface area contributed by atoms with Gasteiger partial charge in [-0.1, -0.05) is 24.3 Å². The highest BCUT2D eigenvalue weighted by molar-refractivity contribution is 7.91. The summed E-state index contributed by atoms with van der Waals surface area (Å²) in [5, 5.41) is 10.0. The summed E-state index contributed by atoms with van der Waals surface area (Å²) in [4.78, 5) is 12.4. The van der Waals surface area contributed by atoms with E-state index in [0.717, 1.165) is 5.56 Å². The lowest BCUT2D eigenvalue weighted by Crippen LogP contribution is -2.29. The number of aliphatic hydroxyl groups is 1. The van der Waals surface area contributed by atoms with Gasteiger partial charge in [-0.05, 0) is 76.4 Å². The van der Waals surface area contributed by atoms with Gasteiger partial charge in [0, 0.05) is 0 Å². The maximum absolute atomic E-state index is 12.8. The van der Waals surface area contributed by atoms with E-state index in [4.69, 9.17) is 4.74 Å². The lowest BCUT2D eigenvalue weighted by molar-refractivity contribution is -0.153. The second-order valence-corrected chi connectivity index (χ2v) is 9.96. The molecule has 0 heterocycles. The summed E-state index contributed by atoms with van der Waals surface area (Å²) >= 11 is 0. The third kappa shape index (κ3) is 5.00. The van der Waals surface area contributed by atoms with Crippen LogP contribution < -0.4 is 0 Å². The number of sulfone groups is 1. The van der Waals surface area contributed by atoms with Gasteiger partial charge in [-0.25, -0.2) is 8.42 Å². The molecule has 0 bridgehead atoms. The Labute approximate surface area is 167 Å². The van der Waals surface area contributed by atoms with Crippen LogP contribution in [-0.2, 0) is 31.4 Å². The Morgan fingerprint density at radius 2 is 1.39 bits per heavy atom. The molecule has 0 spiro atoms. The molecule has 0 radical (unpaired) electrons. The van der Waals surface area contributed by atoms with Crippen molar-refractivity contribution in [3.63, 3.8) is 0 Å². The maximum Gasteiger partial charge on any atom is 0.311 e. The molecule has 0 aliphatic rings. The summed E-state index contributed by atoms with van der Waals surface area (Å²) in [6.07, 6.45) is 0.451. The zero-order valence-corrected chi connectivity index (χ0v) is 17.8. The highest BCUT2D eigenvalue weighted by atomic mass is 32.2. The fourth-order valence-electron chi connectivity index (χ4n) is 2.87. The topological polar surface area (TPSA) is 80.7 Å². The standard InChI is InChI=1S/C22H28O5S/c1-6-27-20(23)21(2,3)15-16-7-11-18(12-8-16)28(25,26)19-13-9-17(10-14-19)22(4,5)24/h7-14,24H,6,15H2,1-5H3. The van der Waals surface area contributed by atoms with Crippen molar-refractivity contribution in [1.29, 1.82) is 0 Å². The van der Waals surface area contributed by atoms with Gasteiger partial charge in [0.05, 0.1) is 27.4 Å². The molecule has 2 aromatic carbocycles.